The van der Waals surface area contributed by atoms with Crippen LogP contribution in [0.1, 0.15) is 34.5 Å². The summed E-state index contributed by atoms with van der Waals surface area (Å²) in [5, 5.41) is 0. The standard InChI is InChI=1S/C13H19BrN4O2/c1-13(2,3)20-12(19)18-6-4-17(5-7-18)11-9-15-8-10(14)16-11/h8-9H,4-7H2,1-3H3/i4D2,5D2,6D2,7D2,8D,9D. The number of carbonyl (C=O) groups excluding carboxylic acids is 1. The first-order valence-electron chi connectivity index (χ1n) is 10.5. The van der Waals surface area contributed by atoms with E-state index in [0.717, 1.165) is 0 Å². The van der Waals surface area contributed by atoms with Crippen LogP contribution in [0.15, 0.2) is 16.9 Å². The van der Waals surface area contributed by atoms with Gasteiger partial charge in [0.1, 0.15) is 16.0 Å². The fraction of sp³-hybridized carbons (Fsp3) is 0.615. The van der Waals surface area contributed by atoms with Gasteiger partial charge in [-0.25, -0.2) is 9.78 Å². The highest BCUT2D eigenvalue weighted by atomic mass is 79.9. The molecule has 1 aromatic heterocycles. The maximum atomic E-state index is 12.6. The normalized spacial score (nSPS) is 33.6. The number of rotatable bonds is 1. The highest BCUT2D eigenvalue weighted by Gasteiger charge is 2.26. The van der Waals surface area contributed by atoms with Crippen molar-refractivity contribution in [3.63, 3.8) is 0 Å². The van der Waals surface area contributed by atoms with Gasteiger partial charge in [-0.2, -0.15) is 0 Å². The summed E-state index contributed by atoms with van der Waals surface area (Å²) in [5.41, 5.74) is -1.20. The molecular formula is C13H19BrN4O2. The van der Waals surface area contributed by atoms with Crippen LogP contribution in [0.25, 0.3) is 0 Å². The SMILES string of the molecule is [2H]c1nc([2H])c(N2C([2H])([2H])C([2H])([2H])N(C(=O)OC(C)(C)C)C([2H])([2H])C2([2H])[2H])nc1Br. The number of halogens is 1. The average Bonchev–Trinajstić information content (AvgIpc) is 2.48. The number of hydrogen-bond donors (Lipinski definition) is 0. The fourth-order valence-electron chi connectivity index (χ4n) is 1.13. The van der Waals surface area contributed by atoms with Crippen molar-refractivity contribution in [2.45, 2.75) is 26.4 Å². The van der Waals surface area contributed by atoms with Crippen LogP contribution in [0.5, 0.6) is 0 Å². The van der Waals surface area contributed by atoms with E-state index in [-0.39, 0.29) is 14.4 Å². The Kier molecular flexibility index (Phi) is 1.96. The molecular weight excluding hydrogens is 324 g/mol. The molecule has 0 N–H and O–H groups in total. The number of amides is 1. The van der Waals surface area contributed by atoms with Crippen molar-refractivity contribution >= 4 is 27.8 Å². The third-order valence-electron chi connectivity index (χ3n) is 1.84. The molecule has 0 atom stereocenters. The molecule has 1 saturated heterocycles. The summed E-state index contributed by atoms with van der Waals surface area (Å²) in [4.78, 5) is 19.5. The van der Waals surface area contributed by atoms with Crippen molar-refractivity contribution < 1.29 is 23.2 Å². The lowest BCUT2D eigenvalue weighted by atomic mass is 10.2. The van der Waals surface area contributed by atoms with E-state index in [1.165, 1.54) is 20.8 Å². The van der Waals surface area contributed by atoms with Gasteiger partial charge in [-0.05, 0) is 36.7 Å². The molecule has 0 radical (unpaired) electrons. The Hall–Kier alpha value is -1.37. The summed E-state index contributed by atoms with van der Waals surface area (Å²) in [6, 6.07) is 0. The highest BCUT2D eigenvalue weighted by Crippen LogP contribution is 2.17. The summed E-state index contributed by atoms with van der Waals surface area (Å²) >= 11 is 2.86. The van der Waals surface area contributed by atoms with Crippen LogP contribution in [0, 0.1) is 0 Å². The Bertz CT molecular complexity index is 848. The maximum Gasteiger partial charge on any atom is 0.410 e. The molecule has 1 aromatic rings. The lowest BCUT2D eigenvalue weighted by Crippen LogP contribution is -2.50. The van der Waals surface area contributed by atoms with E-state index in [0.29, 0.717) is 0 Å². The molecule has 20 heavy (non-hydrogen) atoms. The molecule has 0 aliphatic carbocycles. The minimum atomic E-state index is -3.48. The van der Waals surface area contributed by atoms with Gasteiger partial charge in [0, 0.05) is 26.0 Å². The van der Waals surface area contributed by atoms with E-state index in [1.54, 1.807) is 0 Å². The number of anilines is 1. The first-order chi connectivity index (χ1) is 13.2. The number of carbonyl (C=O) groups is 1. The van der Waals surface area contributed by atoms with E-state index in [9.17, 15) is 4.79 Å². The molecule has 2 heterocycles. The molecule has 2 rings (SSSR count). The van der Waals surface area contributed by atoms with Crippen molar-refractivity contribution in [2.24, 2.45) is 0 Å². The number of hydrogen-bond acceptors (Lipinski definition) is 5. The molecule has 110 valence electrons. The lowest BCUT2D eigenvalue weighted by molar-refractivity contribution is 0.0240. The van der Waals surface area contributed by atoms with Crippen LogP contribution >= 0.6 is 15.9 Å². The van der Waals surface area contributed by atoms with Gasteiger partial charge in [0.15, 0.2) is 0 Å². The second-order valence-corrected chi connectivity index (χ2v) is 5.41. The Morgan fingerprint density at radius 1 is 1.40 bits per heavy atom. The monoisotopic (exact) mass is 352 g/mol. The van der Waals surface area contributed by atoms with Crippen LogP contribution in [0.4, 0.5) is 10.6 Å². The smallest absolute Gasteiger partial charge is 0.410 e. The van der Waals surface area contributed by atoms with Crippen LogP contribution in [-0.2, 0) is 4.74 Å². The van der Waals surface area contributed by atoms with Gasteiger partial charge < -0.3 is 14.5 Å². The van der Waals surface area contributed by atoms with Crippen molar-refractivity contribution in [3.8, 4) is 0 Å². The molecule has 1 amide bonds. The minimum absolute atomic E-state index is 0.0135. The lowest BCUT2D eigenvalue weighted by Gasteiger charge is -2.36. The Balaban J connectivity index is 2.78. The predicted octanol–water partition coefficient (Wildman–Crippen LogP) is 2.30. The molecule has 0 spiro atoms. The van der Waals surface area contributed by atoms with Crippen LogP contribution in [0.3, 0.4) is 0 Å². The van der Waals surface area contributed by atoms with Gasteiger partial charge in [-0.3, -0.25) is 4.98 Å². The summed E-state index contributed by atoms with van der Waals surface area (Å²) in [7, 11) is 0. The molecule has 0 bridgehead atoms. The summed E-state index contributed by atoms with van der Waals surface area (Å²) < 4.78 is 86.1. The summed E-state index contributed by atoms with van der Waals surface area (Å²) in [6.45, 7) is -9.55. The molecule has 0 unspecified atom stereocenters. The molecule has 1 aliphatic rings. The van der Waals surface area contributed by atoms with Gasteiger partial charge in [-0.15, -0.1) is 0 Å². The molecule has 0 aromatic carbocycles. The highest BCUT2D eigenvalue weighted by molar-refractivity contribution is 9.10. The first-order valence-corrected chi connectivity index (χ1v) is 6.33. The van der Waals surface area contributed by atoms with Crippen molar-refractivity contribution in [1.82, 2.24) is 14.9 Å². The second kappa shape index (κ2) is 5.95. The fourth-order valence-corrected chi connectivity index (χ4v) is 1.38. The zero-order valence-corrected chi connectivity index (χ0v) is 12.6. The van der Waals surface area contributed by atoms with Gasteiger partial charge in [-0.1, -0.05) is 0 Å². The Morgan fingerprint density at radius 2 is 2.05 bits per heavy atom. The molecule has 1 fully saturated rings. The molecule has 0 saturated carbocycles. The Morgan fingerprint density at radius 3 is 2.65 bits per heavy atom. The molecule has 6 nitrogen and oxygen atoms in total. The second-order valence-electron chi connectivity index (χ2n) is 4.66. The number of ether oxygens (including phenoxy) is 1. The quantitative estimate of drug-likeness (QED) is 0.775. The topological polar surface area (TPSA) is 58.6 Å². The van der Waals surface area contributed by atoms with Crippen molar-refractivity contribution in [2.75, 3.05) is 30.9 Å². The van der Waals surface area contributed by atoms with Gasteiger partial charge >= 0.3 is 6.09 Å². The summed E-state index contributed by atoms with van der Waals surface area (Å²) in [6.07, 6.45) is -3.00. The number of nitrogens with zero attached hydrogens (tertiary/aromatic N) is 4. The van der Waals surface area contributed by atoms with E-state index >= 15 is 0 Å². The number of piperazine rings is 1. The van der Waals surface area contributed by atoms with Gasteiger partial charge in [0.25, 0.3) is 0 Å². The van der Waals surface area contributed by atoms with E-state index < -0.39 is 55.8 Å². The molecule has 1 aliphatic heterocycles. The first kappa shape index (κ1) is 6.60. The van der Waals surface area contributed by atoms with Gasteiger partial charge in [0.2, 0.25) is 0 Å². The van der Waals surface area contributed by atoms with Crippen LogP contribution < -0.4 is 4.90 Å². The minimum Gasteiger partial charge on any atom is -0.444 e. The van der Waals surface area contributed by atoms with Gasteiger partial charge in [0.05, 0.1) is 26.1 Å². The van der Waals surface area contributed by atoms with Crippen LogP contribution in [-0.4, -0.2) is 52.5 Å². The van der Waals surface area contributed by atoms with E-state index in [4.69, 9.17) is 18.4 Å². The third kappa shape index (κ3) is 4.06. The number of aromatic nitrogens is 2. The Labute approximate surface area is 141 Å². The zero-order chi connectivity index (χ0) is 23.7. The average molecular weight is 353 g/mol. The van der Waals surface area contributed by atoms with Crippen LogP contribution in [0.2, 0.25) is 0 Å². The predicted molar refractivity (Wildman–Crippen MR) is 79.8 cm³/mol. The maximum absolute atomic E-state index is 12.6. The molecule has 7 heteroatoms. The van der Waals surface area contributed by atoms with E-state index in [2.05, 4.69) is 25.9 Å². The zero-order valence-electron chi connectivity index (χ0n) is 21.0. The van der Waals surface area contributed by atoms with Crippen molar-refractivity contribution in [1.29, 1.82) is 0 Å². The van der Waals surface area contributed by atoms with Crippen molar-refractivity contribution in [3.05, 3.63) is 16.9 Å². The largest absolute Gasteiger partial charge is 0.444 e. The third-order valence-corrected chi connectivity index (χ3v) is 2.20. The van der Waals surface area contributed by atoms with E-state index in [1.807, 2.05) is 0 Å². The summed E-state index contributed by atoms with van der Waals surface area (Å²) in [5.74, 6) is -0.857.